The summed E-state index contributed by atoms with van der Waals surface area (Å²) in [7, 11) is 0. The van der Waals surface area contributed by atoms with E-state index in [1.807, 2.05) is 6.07 Å². The van der Waals surface area contributed by atoms with Crippen molar-refractivity contribution in [1.82, 2.24) is 5.32 Å². The van der Waals surface area contributed by atoms with Gasteiger partial charge < -0.3 is 15.5 Å². The average Bonchev–Trinajstić information content (AvgIpc) is 2.46. The first kappa shape index (κ1) is 16.5. The maximum Gasteiger partial charge on any atom is 0.337 e. The van der Waals surface area contributed by atoms with Crippen LogP contribution < -0.4 is 10.2 Å². The number of carboxylic acids is 1. The van der Waals surface area contributed by atoms with Crippen molar-refractivity contribution in [3.05, 3.63) is 30.3 Å². The molecule has 7 nitrogen and oxygen atoms in total. The Hall–Kier alpha value is -2.59. The molecule has 1 rings (SSSR count). The molecule has 1 unspecified atom stereocenters. The van der Waals surface area contributed by atoms with E-state index in [-0.39, 0.29) is 13.0 Å². The number of carboxylic acid groups (broad SMARTS) is 1. The molecule has 0 saturated carbocycles. The van der Waals surface area contributed by atoms with Crippen LogP contribution in [0.4, 0.5) is 10.5 Å². The van der Waals surface area contributed by atoms with E-state index in [1.54, 1.807) is 30.3 Å². The zero-order valence-corrected chi connectivity index (χ0v) is 11.6. The standard InChI is InChI=1S/C14H17N3O4/c1-14(21,12(18)19)10-16-13(20)17(9-5-8-15)11-6-3-2-4-7-11/h2-4,6-7,21H,5,9-10H2,1H3,(H,16,20)(H,18,19). The Morgan fingerprint density at radius 3 is 2.52 bits per heavy atom. The molecule has 112 valence electrons. The number of benzene rings is 1. The van der Waals surface area contributed by atoms with Crippen LogP contribution in [-0.2, 0) is 4.79 Å². The molecular formula is C14H17N3O4. The molecule has 0 aliphatic rings. The van der Waals surface area contributed by atoms with Crippen molar-refractivity contribution in [2.24, 2.45) is 0 Å². The number of anilines is 1. The molecule has 21 heavy (non-hydrogen) atoms. The van der Waals surface area contributed by atoms with Crippen molar-refractivity contribution in [3.8, 4) is 6.07 Å². The summed E-state index contributed by atoms with van der Waals surface area (Å²) in [5, 5.41) is 29.4. The van der Waals surface area contributed by atoms with E-state index in [0.29, 0.717) is 5.69 Å². The number of carbonyl (C=O) groups is 2. The Balaban J connectivity index is 2.78. The fourth-order valence-electron chi connectivity index (χ4n) is 1.54. The van der Waals surface area contributed by atoms with Crippen LogP contribution in [0.5, 0.6) is 0 Å². The van der Waals surface area contributed by atoms with Gasteiger partial charge in [0.2, 0.25) is 0 Å². The van der Waals surface area contributed by atoms with Gasteiger partial charge in [0.25, 0.3) is 0 Å². The molecule has 2 amide bonds. The van der Waals surface area contributed by atoms with Gasteiger partial charge in [-0.2, -0.15) is 5.26 Å². The van der Waals surface area contributed by atoms with Gasteiger partial charge in [0.05, 0.1) is 19.0 Å². The Morgan fingerprint density at radius 1 is 1.38 bits per heavy atom. The van der Waals surface area contributed by atoms with Crippen LogP contribution in [-0.4, -0.2) is 40.9 Å². The van der Waals surface area contributed by atoms with E-state index in [2.05, 4.69) is 5.32 Å². The minimum Gasteiger partial charge on any atom is -0.479 e. The smallest absolute Gasteiger partial charge is 0.337 e. The third-order valence-electron chi connectivity index (χ3n) is 2.80. The van der Waals surface area contributed by atoms with Gasteiger partial charge in [-0.3, -0.25) is 4.90 Å². The number of carbonyl (C=O) groups excluding carboxylic acids is 1. The summed E-state index contributed by atoms with van der Waals surface area (Å²) in [6.45, 7) is 0.830. The summed E-state index contributed by atoms with van der Waals surface area (Å²) in [4.78, 5) is 24.2. The van der Waals surface area contributed by atoms with Crippen LogP contribution in [0.3, 0.4) is 0 Å². The molecule has 0 aliphatic carbocycles. The summed E-state index contributed by atoms with van der Waals surface area (Å²) < 4.78 is 0. The Morgan fingerprint density at radius 2 is 2.00 bits per heavy atom. The first-order valence-electron chi connectivity index (χ1n) is 6.31. The van der Waals surface area contributed by atoms with E-state index in [4.69, 9.17) is 10.4 Å². The van der Waals surface area contributed by atoms with Crippen molar-refractivity contribution >= 4 is 17.7 Å². The van der Waals surface area contributed by atoms with Crippen molar-refractivity contribution < 1.29 is 19.8 Å². The zero-order valence-electron chi connectivity index (χ0n) is 11.6. The summed E-state index contributed by atoms with van der Waals surface area (Å²) in [5.74, 6) is -1.42. The number of hydrogen-bond donors (Lipinski definition) is 3. The number of nitriles is 1. The fraction of sp³-hybridized carbons (Fsp3) is 0.357. The summed E-state index contributed by atoms with van der Waals surface area (Å²) in [5.41, 5.74) is -1.46. The van der Waals surface area contributed by atoms with Crippen LogP contribution in [0.25, 0.3) is 0 Å². The summed E-state index contributed by atoms with van der Waals surface area (Å²) in [6, 6.07) is 10.1. The van der Waals surface area contributed by atoms with Gasteiger partial charge in [-0.1, -0.05) is 18.2 Å². The fourth-order valence-corrected chi connectivity index (χ4v) is 1.54. The monoisotopic (exact) mass is 291 g/mol. The predicted octanol–water partition coefficient (Wildman–Crippen LogP) is 0.952. The zero-order chi connectivity index (χ0) is 15.9. The molecule has 1 atom stereocenters. The number of nitrogens with one attached hydrogen (secondary N) is 1. The molecule has 0 bridgehead atoms. The summed E-state index contributed by atoms with van der Waals surface area (Å²) >= 11 is 0. The maximum absolute atomic E-state index is 12.1. The molecular weight excluding hydrogens is 274 g/mol. The second kappa shape index (κ2) is 7.26. The molecule has 1 aromatic rings. The number of urea groups is 1. The highest BCUT2D eigenvalue weighted by atomic mass is 16.4. The summed E-state index contributed by atoms with van der Waals surface area (Å²) in [6.07, 6.45) is 0.137. The normalized spacial score (nSPS) is 12.8. The topological polar surface area (TPSA) is 114 Å². The minimum atomic E-state index is -2.05. The molecule has 3 N–H and O–H groups in total. The number of nitrogens with zero attached hydrogens (tertiary/aromatic N) is 2. The van der Waals surface area contributed by atoms with Crippen LogP contribution in [0, 0.1) is 11.3 Å². The van der Waals surface area contributed by atoms with Gasteiger partial charge >= 0.3 is 12.0 Å². The molecule has 0 fully saturated rings. The first-order chi connectivity index (χ1) is 9.88. The van der Waals surface area contributed by atoms with Gasteiger partial charge in [-0.25, -0.2) is 9.59 Å². The van der Waals surface area contributed by atoms with Crippen molar-refractivity contribution in [2.75, 3.05) is 18.0 Å². The predicted molar refractivity (Wildman–Crippen MR) is 75.7 cm³/mol. The van der Waals surface area contributed by atoms with Crippen LogP contribution in [0.15, 0.2) is 30.3 Å². The van der Waals surface area contributed by atoms with Crippen LogP contribution in [0.2, 0.25) is 0 Å². The molecule has 0 spiro atoms. The van der Waals surface area contributed by atoms with E-state index in [1.165, 1.54) is 4.90 Å². The minimum absolute atomic E-state index is 0.137. The maximum atomic E-state index is 12.1. The number of rotatable bonds is 6. The van der Waals surface area contributed by atoms with Crippen molar-refractivity contribution in [2.45, 2.75) is 18.9 Å². The quantitative estimate of drug-likeness (QED) is 0.722. The van der Waals surface area contributed by atoms with Gasteiger partial charge in [-0.05, 0) is 19.1 Å². The number of aliphatic hydroxyl groups is 1. The highest BCUT2D eigenvalue weighted by Crippen LogP contribution is 2.14. The Labute approximate surface area is 122 Å². The lowest BCUT2D eigenvalue weighted by atomic mass is 10.1. The largest absolute Gasteiger partial charge is 0.479 e. The van der Waals surface area contributed by atoms with E-state index < -0.39 is 24.1 Å². The van der Waals surface area contributed by atoms with Crippen molar-refractivity contribution in [3.63, 3.8) is 0 Å². The van der Waals surface area contributed by atoms with E-state index in [9.17, 15) is 14.7 Å². The number of para-hydroxylation sites is 1. The molecule has 0 saturated heterocycles. The van der Waals surface area contributed by atoms with E-state index >= 15 is 0 Å². The van der Waals surface area contributed by atoms with E-state index in [0.717, 1.165) is 6.92 Å². The van der Waals surface area contributed by atoms with Gasteiger partial charge in [-0.15, -0.1) is 0 Å². The second-order valence-electron chi connectivity index (χ2n) is 4.63. The number of aliphatic carboxylic acids is 1. The van der Waals surface area contributed by atoms with Crippen LogP contribution >= 0.6 is 0 Å². The van der Waals surface area contributed by atoms with Crippen molar-refractivity contribution in [1.29, 1.82) is 5.26 Å². The molecule has 7 heteroatoms. The Kier molecular flexibility index (Phi) is 5.69. The third-order valence-corrected chi connectivity index (χ3v) is 2.80. The SMILES string of the molecule is CC(O)(CNC(=O)N(CCC#N)c1ccccc1)C(=O)O. The average molecular weight is 291 g/mol. The molecule has 0 heterocycles. The lowest BCUT2D eigenvalue weighted by Gasteiger charge is -2.25. The highest BCUT2D eigenvalue weighted by Gasteiger charge is 2.31. The van der Waals surface area contributed by atoms with Gasteiger partial charge in [0.15, 0.2) is 5.60 Å². The number of hydrogen-bond acceptors (Lipinski definition) is 4. The number of amides is 2. The first-order valence-corrected chi connectivity index (χ1v) is 6.31. The third kappa shape index (κ3) is 4.78. The van der Waals surface area contributed by atoms with Gasteiger partial charge in [0, 0.05) is 12.2 Å². The highest BCUT2D eigenvalue weighted by molar-refractivity contribution is 5.92. The van der Waals surface area contributed by atoms with Gasteiger partial charge in [0.1, 0.15) is 0 Å². The molecule has 0 aliphatic heterocycles. The molecule has 0 radical (unpaired) electrons. The Bertz CT molecular complexity index is 537. The molecule has 1 aromatic carbocycles. The molecule has 0 aromatic heterocycles. The second-order valence-corrected chi connectivity index (χ2v) is 4.63. The van der Waals surface area contributed by atoms with Crippen LogP contribution in [0.1, 0.15) is 13.3 Å². The lowest BCUT2D eigenvalue weighted by molar-refractivity contribution is -0.155. The lowest BCUT2D eigenvalue weighted by Crippen LogP contribution is -2.50.